The molecule has 6 nitrogen and oxygen atoms in total. The summed E-state index contributed by atoms with van der Waals surface area (Å²) in [5.74, 6) is 2.27. The van der Waals surface area contributed by atoms with Crippen LogP contribution in [0.4, 0.5) is 0 Å². The van der Waals surface area contributed by atoms with Crippen molar-refractivity contribution in [1.29, 1.82) is 0 Å². The molecule has 0 radical (unpaired) electrons. The molecule has 138 valence electrons. The number of carbonyl (C=O) groups excluding carboxylic acids is 1. The van der Waals surface area contributed by atoms with Crippen LogP contribution in [-0.2, 0) is 18.3 Å². The van der Waals surface area contributed by atoms with Crippen LogP contribution < -0.4 is 14.8 Å². The molecule has 1 aliphatic heterocycles. The number of ether oxygens (including phenoxy) is 2. The third-order valence-electron chi connectivity index (χ3n) is 4.63. The monoisotopic (exact) mass is 363 g/mol. The summed E-state index contributed by atoms with van der Waals surface area (Å²) >= 11 is 0. The summed E-state index contributed by atoms with van der Waals surface area (Å²) in [4.78, 5) is 17.1. The fourth-order valence-electron chi connectivity index (χ4n) is 3.19. The Morgan fingerprint density at radius 2 is 2.00 bits per heavy atom. The van der Waals surface area contributed by atoms with E-state index in [0.29, 0.717) is 12.8 Å². The van der Waals surface area contributed by atoms with E-state index in [2.05, 4.69) is 10.3 Å². The second-order valence-electron chi connectivity index (χ2n) is 6.50. The Morgan fingerprint density at radius 1 is 1.19 bits per heavy atom. The third kappa shape index (κ3) is 3.79. The molecular weight excluding hydrogens is 342 g/mol. The molecule has 0 fully saturated rings. The smallest absolute Gasteiger partial charge is 0.231 e. The van der Waals surface area contributed by atoms with E-state index in [1.165, 1.54) is 0 Å². The lowest BCUT2D eigenvalue weighted by molar-refractivity contribution is -0.121. The standard InChI is InChI=1S/C21H21N3O3/c1-24-12-11-22-21(24)20(16-5-3-2-4-6-16)23-19(25)10-8-15-7-9-17-18(13-15)27-14-26-17/h2-7,9,11-13,20H,8,10,14H2,1H3,(H,23,25). The highest BCUT2D eigenvalue weighted by Gasteiger charge is 2.20. The van der Waals surface area contributed by atoms with Gasteiger partial charge in [-0.2, -0.15) is 0 Å². The van der Waals surface area contributed by atoms with E-state index in [4.69, 9.17) is 9.47 Å². The van der Waals surface area contributed by atoms with Crippen molar-refractivity contribution in [1.82, 2.24) is 14.9 Å². The molecule has 0 aliphatic carbocycles. The fourth-order valence-corrected chi connectivity index (χ4v) is 3.19. The highest BCUT2D eigenvalue weighted by molar-refractivity contribution is 5.77. The van der Waals surface area contributed by atoms with E-state index < -0.39 is 0 Å². The van der Waals surface area contributed by atoms with E-state index in [1.54, 1.807) is 6.20 Å². The van der Waals surface area contributed by atoms with Crippen LogP contribution in [0.15, 0.2) is 60.9 Å². The zero-order chi connectivity index (χ0) is 18.6. The lowest BCUT2D eigenvalue weighted by atomic mass is 10.0. The topological polar surface area (TPSA) is 65.4 Å². The van der Waals surface area contributed by atoms with Crippen molar-refractivity contribution in [3.05, 3.63) is 77.9 Å². The van der Waals surface area contributed by atoms with Gasteiger partial charge >= 0.3 is 0 Å². The highest BCUT2D eigenvalue weighted by atomic mass is 16.7. The number of carbonyl (C=O) groups is 1. The van der Waals surface area contributed by atoms with Crippen molar-refractivity contribution in [2.24, 2.45) is 7.05 Å². The Kier molecular flexibility index (Phi) is 4.78. The molecule has 0 spiro atoms. The number of nitrogens with zero attached hydrogens (tertiary/aromatic N) is 2. The minimum absolute atomic E-state index is 0.0236. The molecular formula is C21H21N3O3. The maximum Gasteiger partial charge on any atom is 0.231 e. The summed E-state index contributed by atoms with van der Waals surface area (Å²) in [7, 11) is 1.93. The summed E-state index contributed by atoms with van der Waals surface area (Å²) in [6, 6.07) is 15.4. The second kappa shape index (κ2) is 7.53. The second-order valence-corrected chi connectivity index (χ2v) is 6.50. The number of amides is 1. The average molecular weight is 363 g/mol. The van der Waals surface area contributed by atoms with Gasteiger partial charge in [0.05, 0.1) is 0 Å². The zero-order valence-corrected chi connectivity index (χ0v) is 15.1. The molecule has 1 aromatic heterocycles. The van der Waals surface area contributed by atoms with E-state index in [0.717, 1.165) is 28.5 Å². The molecule has 1 atom stereocenters. The van der Waals surface area contributed by atoms with E-state index >= 15 is 0 Å². The van der Waals surface area contributed by atoms with Crippen LogP contribution in [0.2, 0.25) is 0 Å². The lowest BCUT2D eigenvalue weighted by Gasteiger charge is -2.19. The zero-order valence-electron chi connectivity index (χ0n) is 15.1. The van der Waals surface area contributed by atoms with Crippen LogP contribution in [0.1, 0.15) is 29.4 Å². The Morgan fingerprint density at radius 3 is 2.78 bits per heavy atom. The van der Waals surface area contributed by atoms with Crippen molar-refractivity contribution < 1.29 is 14.3 Å². The van der Waals surface area contributed by atoms with Crippen LogP contribution in [0.5, 0.6) is 11.5 Å². The fraction of sp³-hybridized carbons (Fsp3) is 0.238. The van der Waals surface area contributed by atoms with Gasteiger partial charge < -0.3 is 19.4 Å². The maximum atomic E-state index is 12.6. The summed E-state index contributed by atoms with van der Waals surface area (Å²) in [6.45, 7) is 0.252. The predicted octanol–water partition coefficient (Wildman–Crippen LogP) is 2.99. The largest absolute Gasteiger partial charge is 0.454 e. The summed E-state index contributed by atoms with van der Waals surface area (Å²) in [6.07, 6.45) is 4.63. The molecule has 4 rings (SSSR count). The Balaban J connectivity index is 1.45. The summed E-state index contributed by atoms with van der Waals surface area (Å²) in [5.41, 5.74) is 2.05. The number of benzene rings is 2. The number of hydrogen-bond acceptors (Lipinski definition) is 4. The van der Waals surface area contributed by atoms with Gasteiger partial charge in [0, 0.05) is 25.9 Å². The van der Waals surface area contributed by atoms with Crippen LogP contribution in [0.3, 0.4) is 0 Å². The molecule has 1 amide bonds. The van der Waals surface area contributed by atoms with Crippen molar-refractivity contribution in [2.45, 2.75) is 18.9 Å². The molecule has 27 heavy (non-hydrogen) atoms. The number of aryl methyl sites for hydroxylation is 2. The number of rotatable bonds is 6. The van der Waals surface area contributed by atoms with E-state index in [9.17, 15) is 4.79 Å². The van der Waals surface area contributed by atoms with Gasteiger partial charge in [-0.1, -0.05) is 36.4 Å². The molecule has 6 heteroatoms. The van der Waals surface area contributed by atoms with Crippen LogP contribution in [-0.4, -0.2) is 22.3 Å². The molecule has 1 aliphatic rings. The van der Waals surface area contributed by atoms with Gasteiger partial charge in [0.25, 0.3) is 0 Å². The molecule has 2 heterocycles. The van der Waals surface area contributed by atoms with Crippen molar-refractivity contribution in [3.8, 4) is 11.5 Å². The van der Waals surface area contributed by atoms with Crippen molar-refractivity contribution in [3.63, 3.8) is 0 Å². The minimum atomic E-state index is -0.282. The van der Waals surface area contributed by atoms with Crippen molar-refractivity contribution in [2.75, 3.05) is 6.79 Å². The molecule has 1 N–H and O–H groups in total. The maximum absolute atomic E-state index is 12.6. The first-order chi connectivity index (χ1) is 13.2. The normalized spacial score (nSPS) is 13.4. The van der Waals surface area contributed by atoms with Gasteiger partial charge in [-0.25, -0.2) is 4.98 Å². The number of aromatic nitrogens is 2. The number of imidazole rings is 1. The van der Waals surface area contributed by atoms with Gasteiger partial charge in [0.1, 0.15) is 11.9 Å². The Bertz CT molecular complexity index is 937. The summed E-state index contributed by atoms with van der Waals surface area (Å²) < 4.78 is 12.6. The van der Waals surface area contributed by atoms with E-state index in [-0.39, 0.29) is 18.7 Å². The molecule has 2 aromatic carbocycles. The summed E-state index contributed by atoms with van der Waals surface area (Å²) in [5, 5.41) is 3.12. The van der Waals surface area contributed by atoms with Gasteiger partial charge in [-0.3, -0.25) is 4.79 Å². The van der Waals surface area contributed by atoms with Crippen molar-refractivity contribution >= 4 is 5.91 Å². The average Bonchev–Trinajstić information content (AvgIpc) is 3.33. The number of hydrogen-bond donors (Lipinski definition) is 1. The van der Waals surface area contributed by atoms with Crippen LogP contribution >= 0.6 is 0 Å². The van der Waals surface area contributed by atoms with E-state index in [1.807, 2.05) is 66.3 Å². The predicted molar refractivity (Wildman–Crippen MR) is 101 cm³/mol. The first-order valence-electron chi connectivity index (χ1n) is 8.91. The molecule has 1 unspecified atom stereocenters. The number of fused-ring (bicyclic) bond motifs is 1. The van der Waals surface area contributed by atoms with Crippen LogP contribution in [0.25, 0.3) is 0 Å². The lowest BCUT2D eigenvalue weighted by Crippen LogP contribution is -2.31. The Labute approximate surface area is 157 Å². The highest BCUT2D eigenvalue weighted by Crippen LogP contribution is 2.32. The molecule has 3 aromatic rings. The minimum Gasteiger partial charge on any atom is -0.454 e. The van der Waals surface area contributed by atoms with Gasteiger partial charge in [-0.05, 0) is 29.7 Å². The molecule has 0 saturated carbocycles. The third-order valence-corrected chi connectivity index (χ3v) is 4.63. The SMILES string of the molecule is Cn1ccnc1C(NC(=O)CCc1ccc2c(c1)OCO2)c1ccccc1. The van der Waals surface area contributed by atoms with Crippen LogP contribution in [0, 0.1) is 0 Å². The number of nitrogens with one attached hydrogen (secondary N) is 1. The first kappa shape index (κ1) is 17.1. The first-order valence-corrected chi connectivity index (χ1v) is 8.91. The van der Waals surface area contributed by atoms with Gasteiger partial charge in [-0.15, -0.1) is 0 Å². The van der Waals surface area contributed by atoms with Gasteiger partial charge in [0.2, 0.25) is 12.7 Å². The van der Waals surface area contributed by atoms with Gasteiger partial charge in [0.15, 0.2) is 11.5 Å². The molecule has 0 bridgehead atoms. The Hall–Kier alpha value is -3.28. The molecule has 0 saturated heterocycles. The quantitative estimate of drug-likeness (QED) is 0.731.